The number of primary amides is 1. The van der Waals surface area contributed by atoms with Gasteiger partial charge in [0.15, 0.2) is 6.17 Å². The van der Waals surface area contributed by atoms with E-state index in [9.17, 15) is 24.3 Å². The van der Waals surface area contributed by atoms with Crippen molar-refractivity contribution in [2.75, 3.05) is 29.0 Å². The molecule has 3 heterocycles. The lowest BCUT2D eigenvalue weighted by atomic mass is 10.0. The number of anilines is 4. The summed E-state index contributed by atoms with van der Waals surface area (Å²) < 4.78 is 1.66. The highest BCUT2D eigenvalue weighted by atomic mass is 16.4. The molecule has 1 fully saturated rings. The van der Waals surface area contributed by atoms with E-state index in [0.29, 0.717) is 63.8 Å². The molecule has 3 aromatic carbocycles. The Hall–Kier alpha value is -5.68. The number of carbonyl (C=O) groups excluding carboxylic acids is 3. The molecule has 0 bridgehead atoms. The van der Waals surface area contributed by atoms with Gasteiger partial charge in [0.2, 0.25) is 0 Å². The number of rotatable bonds is 9. The number of carboxylic acids is 1. The Labute approximate surface area is 272 Å². The number of likely N-dealkylation sites (tertiary alicyclic amines) is 1. The largest absolute Gasteiger partial charge is 0.478 e. The van der Waals surface area contributed by atoms with Crippen LogP contribution in [0.3, 0.4) is 0 Å². The van der Waals surface area contributed by atoms with Crippen LogP contribution in [0.1, 0.15) is 67.8 Å². The smallest absolute Gasteiger partial charge is 0.337 e. The summed E-state index contributed by atoms with van der Waals surface area (Å²) in [6.07, 6.45) is 2.55. The fraction of sp³-hybridized carbons (Fsp3) is 0.222. The van der Waals surface area contributed by atoms with E-state index in [-0.39, 0.29) is 17.4 Å². The number of aryl methyl sites for hydroxylation is 1. The van der Waals surface area contributed by atoms with Gasteiger partial charge in [-0.15, -0.1) is 0 Å². The highest BCUT2D eigenvalue weighted by molar-refractivity contribution is 6.36. The first-order valence-corrected chi connectivity index (χ1v) is 15.4. The maximum atomic E-state index is 13.5. The van der Waals surface area contributed by atoms with Gasteiger partial charge >= 0.3 is 5.97 Å². The van der Waals surface area contributed by atoms with Gasteiger partial charge in [-0.25, -0.2) is 4.79 Å². The zero-order chi connectivity index (χ0) is 33.4. The molecule has 240 valence electrons. The number of hydrogen-bond acceptors (Lipinski definition) is 6. The molecule has 1 unspecified atom stereocenters. The molecule has 1 atom stereocenters. The second-order valence-corrected chi connectivity index (χ2v) is 11.9. The van der Waals surface area contributed by atoms with Crippen molar-refractivity contribution in [1.29, 1.82) is 0 Å². The number of benzene rings is 3. The van der Waals surface area contributed by atoms with E-state index in [4.69, 9.17) is 5.73 Å². The van der Waals surface area contributed by atoms with E-state index < -0.39 is 18.0 Å². The molecule has 0 spiro atoms. The first-order valence-electron chi connectivity index (χ1n) is 15.4. The number of para-hydroxylation sites is 1. The number of carbonyl (C=O) groups is 4. The van der Waals surface area contributed by atoms with Gasteiger partial charge in [0.1, 0.15) is 0 Å². The van der Waals surface area contributed by atoms with Crippen LogP contribution in [-0.4, -0.2) is 51.4 Å². The van der Waals surface area contributed by atoms with E-state index >= 15 is 0 Å². The topological polar surface area (TPSA) is 159 Å². The monoisotopic (exact) mass is 632 g/mol. The van der Waals surface area contributed by atoms with Crippen LogP contribution in [0.25, 0.3) is 11.6 Å². The third-order valence-corrected chi connectivity index (χ3v) is 8.86. The van der Waals surface area contributed by atoms with Crippen molar-refractivity contribution < 1.29 is 24.3 Å². The van der Waals surface area contributed by atoms with Crippen LogP contribution in [0.2, 0.25) is 0 Å². The van der Waals surface area contributed by atoms with Crippen molar-refractivity contribution in [3.05, 3.63) is 106 Å². The zero-order valence-corrected chi connectivity index (χ0v) is 26.4. The number of carboxylic acid groups (broad SMARTS) is 1. The fourth-order valence-corrected chi connectivity index (χ4v) is 6.52. The molecule has 11 heteroatoms. The van der Waals surface area contributed by atoms with Crippen LogP contribution < -0.4 is 21.7 Å². The quantitative estimate of drug-likeness (QED) is 0.149. The first-order chi connectivity index (χ1) is 22.5. The molecular formula is C36H36N6O5. The summed E-state index contributed by atoms with van der Waals surface area (Å²) in [6.45, 7) is 6.58. The van der Waals surface area contributed by atoms with Crippen LogP contribution in [0.15, 0.2) is 66.7 Å². The fourth-order valence-electron chi connectivity index (χ4n) is 6.52. The molecule has 6 rings (SSSR count). The molecule has 0 aliphatic carbocycles. The molecule has 47 heavy (non-hydrogen) atoms. The maximum Gasteiger partial charge on any atom is 0.337 e. The molecule has 2 aliphatic heterocycles. The van der Waals surface area contributed by atoms with Gasteiger partial charge in [-0.3, -0.25) is 19.3 Å². The third kappa shape index (κ3) is 5.88. The van der Waals surface area contributed by atoms with Crippen molar-refractivity contribution in [2.45, 2.75) is 39.8 Å². The van der Waals surface area contributed by atoms with Gasteiger partial charge in [-0.2, -0.15) is 0 Å². The second-order valence-electron chi connectivity index (χ2n) is 11.9. The molecule has 1 saturated heterocycles. The normalized spacial score (nSPS) is 15.7. The van der Waals surface area contributed by atoms with Crippen LogP contribution in [0, 0.1) is 20.8 Å². The summed E-state index contributed by atoms with van der Waals surface area (Å²) in [5.74, 6) is -2.31. The number of hydrogen-bond donors (Lipinski definition) is 5. The molecule has 1 aromatic heterocycles. The molecule has 0 radical (unpaired) electrons. The number of nitrogens with zero attached hydrogens (tertiary/aromatic N) is 2. The first kappa shape index (κ1) is 31.3. The number of fused-ring (bicyclic) bond motifs is 1. The number of aromatic nitrogens is 1. The van der Waals surface area contributed by atoms with Crippen molar-refractivity contribution in [1.82, 2.24) is 9.47 Å². The predicted molar refractivity (Wildman–Crippen MR) is 182 cm³/mol. The Kier molecular flexibility index (Phi) is 8.40. The van der Waals surface area contributed by atoms with Crippen molar-refractivity contribution in [3.8, 4) is 0 Å². The summed E-state index contributed by atoms with van der Waals surface area (Å²) >= 11 is 0. The molecule has 11 nitrogen and oxygen atoms in total. The summed E-state index contributed by atoms with van der Waals surface area (Å²) in [5, 5.41) is 19.4. The Morgan fingerprint density at radius 3 is 2.36 bits per heavy atom. The zero-order valence-electron chi connectivity index (χ0n) is 26.4. The lowest BCUT2D eigenvalue weighted by Gasteiger charge is -2.29. The standard InChI is InChI=1S/C36H36N6O5/c1-20-14-15-24(38-33(44)23-10-5-4-6-11-23)18-28(20)39-27-13-9-12-25-26(34(45)40-31(25)27)19-29-21(2)30(36(46)47)22(3)42(29)35(32(37)43)41-16-7-8-17-41/h4-6,9-15,18-19,35,39H,7-8,16-17H2,1-3H3,(H2,37,43)(H,38,44)(H,40,45)(H,46,47). The van der Waals surface area contributed by atoms with Gasteiger partial charge in [0.25, 0.3) is 17.7 Å². The highest BCUT2D eigenvalue weighted by Crippen LogP contribution is 2.41. The Bertz CT molecular complexity index is 1960. The van der Waals surface area contributed by atoms with Gasteiger partial charge in [0.05, 0.1) is 22.5 Å². The summed E-state index contributed by atoms with van der Waals surface area (Å²) in [6, 6.07) is 20.0. The lowest BCUT2D eigenvalue weighted by Crippen LogP contribution is -2.41. The minimum atomic E-state index is -1.12. The Morgan fingerprint density at radius 2 is 1.68 bits per heavy atom. The Balaban J connectivity index is 1.38. The summed E-state index contributed by atoms with van der Waals surface area (Å²) in [5.41, 5.74) is 12.2. The number of aromatic carboxylic acids is 1. The van der Waals surface area contributed by atoms with Crippen molar-refractivity contribution in [3.63, 3.8) is 0 Å². The van der Waals surface area contributed by atoms with E-state index in [1.165, 1.54) is 0 Å². The van der Waals surface area contributed by atoms with Gasteiger partial charge in [-0.05, 0) is 81.1 Å². The van der Waals surface area contributed by atoms with Crippen LogP contribution in [0.5, 0.6) is 0 Å². The second kappa shape index (κ2) is 12.6. The lowest BCUT2D eigenvalue weighted by molar-refractivity contribution is -0.126. The third-order valence-electron chi connectivity index (χ3n) is 8.86. The number of nitrogens with two attached hydrogens (primary N) is 1. The predicted octanol–water partition coefficient (Wildman–Crippen LogP) is 5.68. The minimum absolute atomic E-state index is 0.0751. The van der Waals surface area contributed by atoms with E-state index in [1.807, 2.05) is 54.3 Å². The molecule has 3 amide bonds. The van der Waals surface area contributed by atoms with E-state index in [0.717, 1.165) is 24.1 Å². The van der Waals surface area contributed by atoms with Gasteiger partial charge in [-0.1, -0.05) is 36.4 Å². The van der Waals surface area contributed by atoms with Crippen molar-refractivity contribution in [2.24, 2.45) is 5.73 Å². The molecule has 6 N–H and O–H groups in total. The van der Waals surface area contributed by atoms with Crippen molar-refractivity contribution >= 4 is 58.1 Å². The summed E-state index contributed by atoms with van der Waals surface area (Å²) in [7, 11) is 0. The molecule has 0 saturated carbocycles. The van der Waals surface area contributed by atoms with E-state index in [2.05, 4.69) is 16.0 Å². The van der Waals surface area contributed by atoms with Gasteiger partial charge < -0.3 is 31.4 Å². The minimum Gasteiger partial charge on any atom is -0.478 e. The average molecular weight is 633 g/mol. The van der Waals surface area contributed by atoms with Crippen LogP contribution in [0.4, 0.5) is 22.7 Å². The molecular weight excluding hydrogens is 596 g/mol. The number of nitrogens with one attached hydrogen (secondary N) is 3. The Morgan fingerprint density at radius 1 is 0.957 bits per heavy atom. The van der Waals surface area contributed by atoms with Crippen LogP contribution in [-0.2, 0) is 9.59 Å². The number of amides is 3. The molecule has 4 aromatic rings. The maximum absolute atomic E-state index is 13.5. The SMILES string of the molecule is Cc1ccc(NC(=O)c2ccccc2)cc1Nc1cccc2c1NC(=O)C2=Cc1c(C)c(C(=O)O)c(C)n1C(C(N)=O)N1CCCC1. The van der Waals surface area contributed by atoms with Crippen LogP contribution >= 0.6 is 0 Å². The van der Waals surface area contributed by atoms with E-state index in [1.54, 1.807) is 48.8 Å². The van der Waals surface area contributed by atoms with Gasteiger partial charge in [0, 0.05) is 47.0 Å². The molecule has 2 aliphatic rings. The summed E-state index contributed by atoms with van der Waals surface area (Å²) in [4.78, 5) is 53.5. The average Bonchev–Trinajstić information content (AvgIpc) is 3.74. The highest BCUT2D eigenvalue weighted by Gasteiger charge is 2.35.